The van der Waals surface area contributed by atoms with E-state index in [0.29, 0.717) is 23.7 Å². The zero-order valence-electron chi connectivity index (χ0n) is 22.2. The molecule has 0 unspecified atom stereocenters. The second-order valence-electron chi connectivity index (χ2n) is 11.0. The fourth-order valence-electron chi connectivity index (χ4n) is 5.02. The molecular weight excluding hydrogens is 404 g/mol. The van der Waals surface area contributed by atoms with Gasteiger partial charge < -0.3 is 15.4 Å². The molecule has 0 amide bonds. The van der Waals surface area contributed by atoms with Gasteiger partial charge in [0.1, 0.15) is 0 Å². The van der Waals surface area contributed by atoms with Crippen LogP contribution in [0, 0.1) is 0 Å². The number of rotatable bonds is 10. The summed E-state index contributed by atoms with van der Waals surface area (Å²) in [5.74, 6) is 2.01. The molecule has 3 heteroatoms. The van der Waals surface area contributed by atoms with Gasteiger partial charge >= 0.3 is 0 Å². The van der Waals surface area contributed by atoms with Gasteiger partial charge in [0, 0.05) is 24.5 Å². The molecule has 33 heavy (non-hydrogen) atoms. The lowest BCUT2D eigenvalue weighted by atomic mass is 9.92. The van der Waals surface area contributed by atoms with E-state index in [9.17, 15) is 0 Å². The van der Waals surface area contributed by atoms with E-state index < -0.39 is 0 Å². The molecule has 1 aliphatic heterocycles. The molecule has 0 aliphatic carbocycles. The van der Waals surface area contributed by atoms with Crippen molar-refractivity contribution >= 4 is 11.4 Å². The fourth-order valence-corrected chi connectivity index (χ4v) is 5.02. The van der Waals surface area contributed by atoms with Gasteiger partial charge in [0.2, 0.25) is 0 Å². The fraction of sp³-hybridized carbons (Fsp3) is 0.600. The van der Waals surface area contributed by atoms with E-state index in [4.69, 9.17) is 4.74 Å². The van der Waals surface area contributed by atoms with Crippen molar-refractivity contribution < 1.29 is 4.74 Å². The molecule has 0 radical (unpaired) electrons. The third-order valence-corrected chi connectivity index (χ3v) is 6.95. The van der Waals surface area contributed by atoms with Crippen LogP contribution in [0.4, 0.5) is 11.4 Å². The van der Waals surface area contributed by atoms with Gasteiger partial charge in [-0.25, -0.2) is 0 Å². The normalized spacial score (nSPS) is 18.7. The largest absolute Gasteiger partial charge is 0.382 e. The van der Waals surface area contributed by atoms with Gasteiger partial charge in [0.05, 0.1) is 12.2 Å². The summed E-state index contributed by atoms with van der Waals surface area (Å²) in [6.45, 7) is 20.0. The Kier molecular flexibility index (Phi) is 8.87. The highest BCUT2D eigenvalue weighted by Gasteiger charge is 2.26. The monoisotopic (exact) mass is 450 g/mol. The quantitative estimate of drug-likeness (QED) is 0.382. The van der Waals surface area contributed by atoms with E-state index in [-0.39, 0.29) is 12.2 Å². The van der Waals surface area contributed by atoms with Gasteiger partial charge in [-0.1, -0.05) is 91.8 Å². The summed E-state index contributed by atoms with van der Waals surface area (Å²) in [6.07, 6.45) is 2.76. The summed E-state index contributed by atoms with van der Waals surface area (Å²) in [7, 11) is 0. The predicted molar refractivity (Wildman–Crippen MR) is 144 cm³/mol. The zero-order chi connectivity index (χ0) is 24.1. The molecule has 0 spiro atoms. The summed E-state index contributed by atoms with van der Waals surface area (Å²) < 4.78 is 6.48. The molecule has 1 fully saturated rings. The minimum absolute atomic E-state index is 0.266. The predicted octanol–water partition coefficient (Wildman–Crippen LogP) is 8.25. The van der Waals surface area contributed by atoms with E-state index in [1.165, 1.54) is 33.6 Å². The lowest BCUT2D eigenvalue weighted by Gasteiger charge is -2.24. The minimum Gasteiger partial charge on any atom is -0.382 e. The van der Waals surface area contributed by atoms with Crippen LogP contribution >= 0.6 is 0 Å². The molecule has 2 N–H and O–H groups in total. The molecule has 2 aromatic carbocycles. The summed E-state index contributed by atoms with van der Waals surface area (Å²) in [6, 6.07) is 13.5. The molecule has 2 atom stereocenters. The van der Waals surface area contributed by atoms with Crippen molar-refractivity contribution in [2.24, 2.45) is 0 Å². The average Bonchev–Trinajstić information content (AvgIpc) is 3.23. The lowest BCUT2D eigenvalue weighted by molar-refractivity contribution is 0.0601. The minimum atomic E-state index is 0.266. The number of hydrogen-bond donors (Lipinski definition) is 2. The van der Waals surface area contributed by atoms with Crippen LogP contribution in [0.3, 0.4) is 0 Å². The van der Waals surface area contributed by atoms with Crippen LogP contribution in [0.15, 0.2) is 36.4 Å². The number of anilines is 2. The highest BCUT2D eigenvalue weighted by Crippen LogP contribution is 2.34. The summed E-state index contributed by atoms with van der Waals surface area (Å²) >= 11 is 0. The van der Waals surface area contributed by atoms with Crippen LogP contribution < -0.4 is 10.6 Å². The molecule has 3 nitrogen and oxygen atoms in total. The first-order valence-electron chi connectivity index (χ1n) is 13.1. The van der Waals surface area contributed by atoms with Gasteiger partial charge in [0.15, 0.2) is 0 Å². The maximum Gasteiger partial charge on any atom is 0.0753 e. The van der Waals surface area contributed by atoms with Crippen molar-refractivity contribution in [1.29, 1.82) is 0 Å². The Balaban J connectivity index is 1.62. The summed E-state index contributed by atoms with van der Waals surface area (Å²) in [5.41, 5.74) is 8.26. The molecular formula is C30H46N2O. The van der Waals surface area contributed by atoms with Gasteiger partial charge in [-0.15, -0.1) is 0 Å². The number of nitrogens with one attached hydrogen (secondary N) is 2. The standard InChI is InChI=1S/C30H46N2O/c1-19(2)25-11-9-12-26(20(3)4)29(25)31-17-23-15-16-24(33-23)18-32-30-27(21(5)6)13-10-14-28(30)22(7)8/h9-14,19-24,31-32H,15-18H2,1-8H3/t23-,24+. The first kappa shape index (κ1) is 25.6. The maximum absolute atomic E-state index is 6.48. The topological polar surface area (TPSA) is 33.3 Å². The SMILES string of the molecule is CC(C)c1cccc(C(C)C)c1NC[C@H]1CC[C@@H](CNc2c(C(C)C)cccc2C(C)C)O1. The summed E-state index contributed by atoms with van der Waals surface area (Å²) in [4.78, 5) is 0. The highest BCUT2D eigenvalue weighted by atomic mass is 16.5. The zero-order valence-corrected chi connectivity index (χ0v) is 22.2. The van der Waals surface area contributed by atoms with Crippen LogP contribution in [0.25, 0.3) is 0 Å². The molecule has 1 heterocycles. The molecule has 1 aliphatic rings. The molecule has 3 rings (SSSR count). The van der Waals surface area contributed by atoms with Crippen LogP contribution in [0.1, 0.15) is 114 Å². The number of hydrogen-bond acceptors (Lipinski definition) is 3. The van der Waals surface area contributed by atoms with Crippen LogP contribution in [0.5, 0.6) is 0 Å². The van der Waals surface area contributed by atoms with Crippen LogP contribution in [-0.2, 0) is 4.74 Å². The molecule has 1 saturated heterocycles. The van der Waals surface area contributed by atoms with Crippen LogP contribution in [-0.4, -0.2) is 25.3 Å². The van der Waals surface area contributed by atoms with Crippen LogP contribution in [0.2, 0.25) is 0 Å². The Morgan fingerprint density at radius 2 is 0.909 bits per heavy atom. The molecule has 0 bridgehead atoms. The lowest BCUT2D eigenvalue weighted by Crippen LogP contribution is -2.25. The number of ether oxygens (including phenoxy) is 1. The van der Waals surface area contributed by atoms with Crippen molar-refractivity contribution in [3.8, 4) is 0 Å². The van der Waals surface area contributed by atoms with Crippen molar-refractivity contribution in [2.75, 3.05) is 23.7 Å². The third kappa shape index (κ3) is 6.32. The Morgan fingerprint density at radius 3 is 1.18 bits per heavy atom. The van der Waals surface area contributed by atoms with E-state index in [0.717, 1.165) is 25.9 Å². The first-order valence-corrected chi connectivity index (χ1v) is 13.1. The Bertz CT molecular complexity index is 774. The third-order valence-electron chi connectivity index (χ3n) is 6.95. The Morgan fingerprint density at radius 1 is 0.606 bits per heavy atom. The van der Waals surface area contributed by atoms with Gasteiger partial charge in [-0.2, -0.15) is 0 Å². The van der Waals surface area contributed by atoms with Crippen molar-refractivity contribution in [2.45, 2.75) is 104 Å². The average molecular weight is 451 g/mol. The van der Waals surface area contributed by atoms with Crippen molar-refractivity contribution in [3.63, 3.8) is 0 Å². The molecule has 0 aromatic heterocycles. The number of para-hydroxylation sites is 2. The van der Waals surface area contributed by atoms with E-state index in [1.54, 1.807) is 0 Å². The highest BCUT2D eigenvalue weighted by molar-refractivity contribution is 5.61. The Hall–Kier alpha value is -2.00. The van der Waals surface area contributed by atoms with Gasteiger partial charge in [-0.05, 0) is 58.8 Å². The van der Waals surface area contributed by atoms with Crippen molar-refractivity contribution in [3.05, 3.63) is 58.7 Å². The second-order valence-corrected chi connectivity index (χ2v) is 11.0. The maximum atomic E-state index is 6.48. The second kappa shape index (κ2) is 11.4. The first-order chi connectivity index (χ1) is 15.7. The van der Waals surface area contributed by atoms with E-state index in [1.807, 2.05) is 0 Å². The van der Waals surface area contributed by atoms with Crippen molar-refractivity contribution in [1.82, 2.24) is 0 Å². The smallest absolute Gasteiger partial charge is 0.0753 e. The molecule has 2 aromatic rings. The molecule has 182 valence electrons. The van der Waals surface area contributed by atoms with E-state index >= 15 is 0 Å². The van der Waals surface area contributed by atoms with E-state index in [2.05, 4.69) is 102 Å². The van der Waals surface area contributed by atoms with Gasteiger partial charge in [0.25, 0.3) is 0 Å². The molecule has 0 saturated carbocycles. The van der Waals surface area contributed by atoms with Gasteiger partial charge in [-0.3, -0.25) is 0 Å². The Labute approximate surface area is 202 Å². The summed E-state index contributed by atoms with van der Waals surface area (Å²) in [5, 5.41) is 7.57. The number of benzene rings is 2.